The molecule has 0 aliphatic heterocycles. The Morgan fingerprint density at radius 1 is 0.964 bits per heavy atom. The average molecular weight is 383 g/mol. The molecule has 5 rings (SSSR count). The van der Waals surface area contributed by atoms with E-state index in [1.165, 1.54) is 26.2 Å². The summed E-state index contributed by atoms with van der Waals surface area (Å²) in [6, 6.07) is 7.03. The first-order valence-electron chi connectivity index (χ1n) is 10.4. The van der Waals surface area contributed by atoms with Gasteiger partial charge in [0.15, 0.2) is 0 Å². The fourth-order valence-electron chi connectivity index (χ4n) is 5.97. The van der Waals surface area contributed by atoms with Crippen LogP contribution < -0.4 is 16.0 Å². The number of rotatable bonds is 6. The Kier molecular flexibility index (Phi) is 5.13. The molecule has 1 aromatic rings. The van der Waals surface area contributed by atoms with Gasteiger partial charge in [0.1, 0.15) is 0 Å². The van der Waals surface area contributed by atoms with Crippen molar-refractivity contribution in [2.75, 3.05) is 17.2 Å². The molecule has 3 amide bonds. The molecule has 6 heteroatoms. The molecule has 0 aromatic heterocycles. The zero-order valence-corrected chi connectivity index (χ0v) is 16.4. The van der Waals surface area contributed by atoms with Crippen LogP contribution in [0.5, 0.6) is 0 Å². The van der Waals surface area contributed by atoms with E-state index >= 15 is 0 Å². The molecule has 28 heavy (non-hydrogen) atoms. The summed E-state index contributed by atoms with van der Waals surface area (Å²) in [6.07, 6.45) is 7.28. The topological polar surface area (TPSA) is 87.3 Å². The van der Waals surface area contributed by atoms with Crippen molar-refractivity contribution >= 4 is 29.1 Å². The van der Waals surface area contributed by atoms with Gasteiger partial charge in [-0.25, -0.2) is 0 Å². The van der Waals surface area contributed by atoms with E-state index in [-0.39, 0.29) is 29.6 Å². The maximum atomic E-state index is 12.9. The maximum absolute atomic E-state index is 12.9. The third-order valence-corrected chi connectivity index (χ3v) is 6.62. The van der Waals surface area contributed by atoms with Gasteiger partial charge in [-0.2, -0.15) is 0 Å². The number of carbonyl (C=O) groups excluding carboxylic acids is 3. The first-order chi connectivity index (χ1) is 13.4. The highest BCUT2D eigenvalue weighted by Crippen LogP contribution is 2.60. The Balaban J connectivity index is 1.26. The summed E-state index contributed by atoms with van der Waals surface area (Å²) in [4.78, 5) is 36.3. The van der Waals surface area contributed by atoms with Crippen LogP contribution in [0.25, 0.3) is 0 Å². The second-order valence-electron chi connectivity index (χ2n) is 9.01. The summed E-state index contributed by atoms with van der Waals surface area (Å²) in [7, 11) is 0. The van der Waals surface area contributed by atoms with Crippen molar-refractivity contribution in [2.45, 2.75) is 51.9 Å². The van der Waals surface area contributed by atoms with Crippen molar-refractivity contribution in [1.29, 1.82) is 0 Å². The number of benzene rings is 1. The number of nitrogens with one attached hydrogen (secondary N) is 3. The molecular weight excluding hydrogens is 354 g/mol. The monoisotopic (exact) mass is 383 g/mol. The highest BCUT2D eigenvalue weighted by atomic mass is 16.2. The Morgan fingerprint density at radius 2 is 1.54 bits per heavy atom. The summed E-state index contributed by atoms with van der Waals surface area (Å²) in [5.41, 5.74) is 1.10. The molecule has 0 atom stereocenters. The summed E-state index contributed by atoms with van der Waals surface area (Å²) < 4.78 is 0. The molecule has 0 spiro atoms. The van der Waals surface area contributed by atoms with E-state index in [2.05, 4.69) is 16.0 Å². The predicted molar refractivity (Wildman–Crippen MR) is 108 cm³/mol. The lowest BCUT2D eigenvalue weighted by atomic mass is 9.49. The van der Waals surface area contributed by atoms with Crippen molar-refractivity contribution in [1.82, 2.24) is 5.32 Å². The molecule has 0 radical (unpaired) electrons. The quantitative estimate of drug-likeness (QED) is 0.704. The zero-order valence-electron chi connectivity index (χ0n) is 16.4. The second kappa shape index (κ2) is 7.57. The van der Waals surface area contributed by atoms with Crippen molar-refractivity contribution in [3.63, 3.8) is 0 Å². The standard InChI is InChI=1S/C22H29N3O3/c1-14(26)24-18-3-2-4-19(10-18)25-20(27)5-6-23-21(28)22-11-15-7-16(12-22)9-17(8-15)13-22/h2-4,10,15-17H,5-9,11-13H2,1H3,(H,23,28)(H,24,26)(H,25,27). The minimum Gasteiger partial charge on any atom is -0.355 e. The molecule has 1 aromatic carbocycles. The van der Waals surface area contributed by atoms with Crippen LogP contribution in [0.2, 0.25) is 0 Å². The molecule has 4 fully saturated rings. The normalized spacial score (nSPS) is 30.0. The van der Waals surface area contributed by atoms with E-state index < -0.39 is 0 Å². The Labute approximate surface area is 165 Å². The lowest BCUT2D eigenvalue weighted by Gasteiger charge is -2.55. The molecule has 0 unspecified atom stereocenters. The van der Waals surface area contributed by atoms with Gasteiger partial charge in [-0.15, -0.1) is 0 Å². The number of amides is 3. The number of hydrogen-bond donors (Lipinski definition) is 3. The van der Waals surface area contributed by atoms with Crippen LogP contribution in [0.15, 0.2) is 24.3 Å². The SMILES string of the molecule is CC(=O)Nc1cccc(NC(=O)CCNC(=O)C23CC4CC(CC(C4)C2)C3)c1. The Morgan fingerprint density at radius 3 is 2.11 bits per heavy atom. The molecule has 3 N–H and O–H groups in total. The van der Waals surface area contributed by atoms with Crippen LogP contribution in [0, 0.1) is 23.2 Å². The Bertz CT molecular complexity index is 754. The largest absolute Gasteiger partial charge is 0.355 e. The second-order valence-corrected chi connectivity index (χ2v) is 9.01. The lowest BCUT2D eigenvalue weighted by Crippen LogP contribution is -2.53. The number of carbonyl (C=O) groups is 3. The third kappa shape index (κ3) is 4.05. The van der Waals surface area contributed by atoms with E-state index in [9.17, 15) is 14.4 Å². The fraction of sp³-hybridized carbons (Fsp3) is 0.591. The van der Waals surface area contributed by atoms with Crippen LogP contribution in [0.3, 0.4) is 0 Å². The van der Waals surface area contributed by atoms with Gasteiger partial charge >= 0.3 is 0 Å². The van der Waals surface area contributed by atoms with Crippen LogP contribution in [-0.4, -0.2) is 24.3 Å². The van der Waals surface area contributed by atoms with Gasteiger partial charge < -0.3 is 16.0 Å². The Hall–Kier alpha value is -2.37. The van der Waals surface area contributed by atoms with Crippen molar-refractivity contribution < 1.29 is 14.4 Å². The van der Waals surface area contributed by atoms with Gasteiger partial charge in [0, 0.05) is 36.7 Å². The van der Waals surface area contributed by atoms with Crippen LogP contribution in [-0.2, 0) is 14.4 Å². The number of anilines is 2. The molecule has 4 saturated carbocycles. The van der Waals surface area contributed by atoms with Crippen LogP contribution >= 0.6 is 0 Å². The van der Waals surface area contributed by atoms with Crippen molar-refractivity contribution in [3.8, 4) is 0 Å². The third-order valence-electron chi connectivity index (χ3n) is 6.62. The minimum absolute atomic E-state index is 0.147. The summed E-state index contributed by atoms with van der Waals surface area (Å²) in [5, 5.41) is 8.55. The van der Waals surface area contributed by atoms with Gasteiger partial charge in [0.05, 0.1) is 0 Å². The first kappa shape index (κ1) is 19.0. The van der Waals surface area contributed by atoms with Gasteiger partial charge in [-0.3, -0.25) is 14.4 Å². The molecule has 4 aliphatic carbocycles. The van der Waals surface area contributed by atoms with Gasteiger partial charge in [0.2, 0.25) is 17.7 Å². The zero-order chi connectivity index (χ0) is 19.7. The van der Waals surface area contributed by atoms with E-state index in [0.29, 0.717) is 17.9 Å². The summed E-state index contributed by atoms with van der Waals surface area (Å²) in [6.45, 7) is 1.80. The van der Waals surface area contributed by atoms with E-state index in [1.807, 2.05) is 0 Å². The molecule has 0 heterocycles. The highest BCUT2D eigenvalue weighted by molar-refractivity contribution is 5.93. The maximum Gasteiger partial charge on any atom is 0.226 e. The fourth-order valence-corrected chi connectivity index (χ4v) is 5.97. The smallest absolute Gasteiger partial charge is 0.226 e. The summed E-state index contributed by atoms with van der Waals surface area (Å²) >= 11 is 0. The molecule has 6 nitrogen and oxygen atoms in total. The average Bonchev–Trinajstić information content (AvgIpc) is 2.60. The molecule has 4 bridgehead atoms. The van der Waals surface area contributed by atoms with Crippen molar-refractivity contribution in [2.24, 2.45) is 23.2 Å². The molecular formula is C22H29N3O3. The van der Waals surface area contributed by atoms with E-state index in [0.717, 1.165) is 37.0 Å². The molecule has 0 saturated heterocycles. The van der Waals surface area contributed by atoms with Gasteiger partial charge in [0.25, 0.3) is 0 Å². The van der Waals surface area contributed by atoms with E-state index in [1.54, 1.807) is 24.3 Å². The summed E-state index contributed by atoms with van der Waals surface area (Å²) in [5.74, 6) is 2.05. The predicted octanol–water partition coefficient (Wildman–Crippen LogP) is 3.31. The molecule has 4 aliphatic rings. The minimum atomic E-state index is -0.169. The van der Waals surface area contributed by atoms with Crippen LogP contribution in [0.4, 0.5) is 11.4 Å². The van der Waals surface area contributed by atoms with Crippen molar-refractivity contribution in [3.05, 3.63) is 24.3 Å². The lowest BCUT2D eigenvalue weighted by molar-refractivity contribution is -0.146. The van der Waals surface area contributed by atoms with E-state index in [4.69, 9.17) is 0 Å². The van der Waals surface area contributed by atoms with Gasteiger partial charge in [-0.1, -0.05) is 6.07 Å². The first-order valence-corrected chi connectivity index (χ1v) is 10.4. The molecule has 150 valence electrons. The number of hydrogen-bond acceptors (Lipinski definition) is 3. The van der Waals surface area contributed by atoms with Crippen LogP contribution in [0.1, 0.15) is 51.9 Å². The highest BCUT2D eigenvalue weighted by Gasteiger charge is 2.54. The van der Waals surface area contributed by atoms with Gasteiger partial charge in [-0.05, 0) is 74.5 Å².